The molecule has 0 N–H and O–H groups in total. The summed E-state index contributed by atoms with van der Waals surface area (Å²) in [5, 5.41) is 0. The van der Waals surface area contributed by atoms with Gasteiger partial charge in [-0.15, -0.1) is 0 Å². The van der Waals surface area contributed by atoms with Crippen molar-refractivity contribution < 1.29 is 4.74 Å². The van der Waals surface area contributed by atoms with Crippen LogP contribution in [0.1, 0.15) is 47.5 Å². The lowest BCUT2D eigenvalue weighted by Gasteiger charge is -2.30. The SMILES string of the molecule is C/C=C\C1=C(C)C2=CC(C(C)CC)=CCC2(C)O1. The molecule has 0 saturated carbocycles. The van der Waals surface area contributed by atoms with Crippen molar-refractivity contribution in [2.45, 2.75) is 53.1 Å². The van der Waals surface area contributed by atoms with Gasteiger partial charge in [0.15, 0.2) is 0 Å². The molecule has 2 aliphatic rings. The maximum atomic E-state index is 6.15. The van der Waals surface area contributed by atoms with Gasteiger partial charge in [-0.1, -0.05) is 32.1 Å². The van der Waals surface area contributed by atoms with Crippen molar-refractivity contribution in [1.29, 1.82) is 0 Å². The van der Waals surface area contributed by atoms with Crippen molar-refractivity contribution >= 4 is 0 Å². The summed E-state index contributed by atoms with van der Waals surface area (Å²) in [6.45, 7) is 10.9. The van der Waals surface area contributed by atoms with Gasteiger partial charge >= 0.3 is 0 Å². The van der Waals surface area contributed by atoms with Crippen LogP contribution in [0.2, 0.25) is 0 Å². The highest BCUT2D eigenvalue weighted by Crippen LogP contribution is 2.45. The molecule has 0 saturated heterocycles. The molecule has 0 amide bonds. The van der Waals surface area contributed by atoms with E-state index in [1.807, 2.05) is 13.0 Å². The van der Waals surface area contributed by atoms with E-state index in [1.165, 1.54) is 23.1 Å². The normalized spacial score (nSPS) is 28.9. The van der Waals surface area contributed by atoms with Crippen LogP contribution in [0.25, 0.3) is 0 Å². The lowest BCUT2D eigenvalue weighted by Crippen LogP contribution is -2.28. The molecule has 0 aromatic carbocycles. The molecule has 1 heteroatoms. The molecule has 0 radical (unpaired) electrons. The molecule has 0 bridgehead atoms. The number of rotatable bonds is 3. The summed E-state index contributed by atoms with van der Waals surface area (Å²) in [4.78, 5) is 0. The first-order chi connectivity index (χ1) is 8.51. The summed E-state index contributed by atoms with van der Waals surface area (Å²) in [5.41, 5.74) is 3.99. The molecule has 2 rings (SSSR count). The molecule has 0 aromatic heterocycles. The van der Waals surface area contributed by atoms with Gasteiger partial charge in [0.2, 0.25) is 0 Å². The van der Waals surface area contributed by atoms with E-state index in [9.17, 15) is 0 Å². The molecule has 98 valence electrons. The Morgan fingerprint density at radius 3 is 2.83 bits per heavy atom. The summed E-state index contributed by atoms with van der Waals surface area (Å²) < 4.78 is 6.15. The lowest BCUT2D eigenvalue weighted by atomic mass is 9.80. The molecule has 18 heavy (non-hydrogen) atoms. The largest absolute Gasteiger partial charge is 0.482 e. The summed E-state index contributed by atoms with van der Waals surface area (Å²) >= 11 is 0. The van der Waals surface area contributed by atoms with Gasteiger partial charge in [0.05, 0.1) is 0 Å². The van der Waals surface area contributed by atoms with E-state index < -0.39 is 0 Å². The van der Waals surface area contributed by atoms with Gasteiger partial charge < -0.3 is 4.74 Å². The van der Waals surface area contributed by atoms with Crippen LogP contribution in [-0.2, 0) is 4.74 Å². The summed E-state index contributed by atoms with van der Waals surface area (Å²) in [6, 6.07) is 0. The average Bonchev–Trinajstić information content (AvgIpc) is 2.60. The molecule has 2 atom stereocenters. The van der Waals surface area contributed by atoms with E-state index >= 15 is 0 Å². The second-order valence-corrected chi connectivity index (χ2v) is 5.60. The minimum Gasteiger partial charge on any atom is -0.482 e. The smallest absolute Gasteiger partial charge is 0.135 e. The van der Waals surface area contributed by atoms with E-state index in [-0.39, 0.29) is 5.60 Å². The monoisotopic (exact) mass is 244 g/mol. The summed E-state index contributed by atoms with van der Waals surface area (Å²) in [6.07, 6.45) is 11.0. The predicted molar refractivity (Wildman–Crippen MR) is 77.2 cm³/mol. The molecular weight excluding hydrogens is 220 g/mol. The van der Waals surface area contributed by atoms with Crippen molar-refractivity contribution in [3.8, 4) is 0 Å². The Labute approximate surface area is 111 Å². The minimum atomic E-state index is -0.143. The fraction of sp³-hybridized carbons (Fsp3) is 0.529. The van der Waals surface area contributed by atoms with Gasteiger partial charge in [-0.2, -0.15) is 0 Å². The molecule has 0 spiro atoms. The second kappa shape index (κ2) is 4.79. The van der Waals surface area contributed by atoms with Gasteiger partial charge in [-0.25, -0.2) is 0 Å². The Kier molecular flexibility index (Phi) is 3.52. The zero-order chi connectivity index (χ0) is 13.3. The third-order valence-electron chi connectivity index (χ3n) is 4.22. The number of fused-ring (bicyclic) bond motifs is 1. The van der Waals surface area contributed by atoms with Crippen molar-refractivity contribution in [2.75, 3.05) is 0 Å². The molecule has 1 aliphatic carbocycles. The van der Waals surface area contributed by atoms with Gasteiger partial charge in [0.25, 0.3) is 0 Å². The van der Waals surface area contributed by atoms with Gasteiger partial charge in [0.1, 0.15) is 11.4 Å². The highest BCUT2D eigenvalue weighted by Gasteiger charge is 2.40. The highest BCUT2D eigenvalue weighted by atomic mass is 16.5. The maximum Gasteiger partial charge on any atom is 0.135 e. The average molecular weight is 244 g/mol. The Balaban J connectivity index is 2.38. The topological polar surface area (TPSA) is 9.23 Å². The molecule has 1 aliphatic heterocycles. The Morgan fingerprint density at radius 2 is 2.22 bits per heavy atom. The van der Waals surface area contributed by atoms with Crippen LogP contribution >= 0.6 is 0 Å². The quantitative estimate of drug-likeness (QED) is 0.684. The third-order valence-corrected chi connectivity index (χ3v) is 4.22. The molecule has 1 nitrogen and oxygen atoms in total. The van der Waals surface area contributed by atoms with Gasteiger partial charge in [0, 0.05) is 12.0 Å². The molecule has 1 heterocycles. The van der Waals surface area contributed by atoms with E-state index in [1.54, 1.807) is 0 Å². The number of ether oxygens (including phenoxy) is 1. The van der Waals surface area contributed by atoms with Crippen LogP contribution in [0, 0.1) is 5.92 Å². The van der Waals surface area contributed by atoms with Crippen molar-refractivity contribution in [3.05, 3.63) is 46.8 Å². The first-order valence-electron chi connectivity index (χ1n) is 6.97. The third kappa shape index (κ3) is 2.07. The molecule has 2 unspecified atom stereocenters. The fourth-order valence-corrected chi connectivity index (χ4v) is 2.74. The first-order valence-corrected chi connectivity index (χ1v) is 6.97. The maximum absolute atomic E-state index is 6.15. The van der Waals surface area contributed by atoms with E-state index in [0.29, 0.717) is 5.92 Å². The standard InChI is InChI=1S/C17H24O/c1-6-8-16-13(4)15-11-14(12(3)7-2)9-10-17(15,5)18-16/h6,8-9,11-12H,7,10H2,1-5H3/b8-6-. The Hall–Kier alpha value is -1.24. The van der Waals surface area contributed by atoms with Crippen molar-refractivity contribution in [3.63, 3.8) is 0 Å². The zero-order valence-corrected chi connectivity index (χ0v) is 12.2. The van der Waals surface area contributed by atoms with Crippen molar-refractivity contribution in [2.24, 2.45) is 5.92 Å². The van der Waals surface area contributed by atoms with Crippen LogP contribution in [-0.4, -0.2) is 5.60 Å². The Bertz CT molecular complexity index is 462. The van der Waals surface area contributed by atoms with E-state index in [4.69, 9.17) is 4.74 Å². The number of allylic oxidation sites excluding steroid dienone is 4. The number of hydrogen-bond acceptors (Lipinski definition) is 1. The summed E-state index contributed by atoms with van der Waals surface area (Å²) in [7, 11) is 0. The predicted octanol–water partition coefficient (Wildman–Crippen LogP) is 4.93. The van der Waals surface area contributed by atoms with Crippen LogP contribution in [0.4, 0.5) is 0 Å². The van der Waals surface area contributed by atoms with E-state index in [0.717, 1.165) is 12.2 Å². The van der Waals surface area contributed by atoms with Crippen LogP contribution in [0.15, 0.2) is 46.8 Å². The van der Waals surface area contributed by atoms with Crippen LogP contribution in [0.5, 0.6) is 0 Å². The fourth-order valence-electron chi connectivity index (χ4n) is 2.74. The van der Waals surface area contributed by atoms with Gasteiger partial charge in [-0.3, -0.25) is 0 Å². The molecule has 0 fully saturated rings. The Morgan fingerprint density at radius 1 is 1.50 bits per heavy atom. The molecular formula is C17H24O. The first kappa shape index (κ1) is 13.2. The van der Waals surface area contributed by atoms with Crippen LogP contribution < -0.4 is 0 Å². The highest BCUT2D eigenvalue weighted by molar-refractivity contribution is 5.52. The summed E-state index contributed by atoms with van der Waals surface area (Å²) in [5.74, 6) is 1.67. The van der Waals surface area contributed by atoms with Crippen molar-refractivity contribution in [1.82, 2.24) is 0 Å². The lowest BCUT2D eigenvalue weighted by molar-refractivity contribution is 0.0797. The van der Waals surface area contributed by atoms with E-state index in [2.05, 4.69) is 45.9 Å². The van der Waals surface area contributed by atoms with Gasteiger partial charge in [-0.05, 0) is 50.3 Å². The van der Waals surface area contributed by atoms with Crippen LogP contribution in [0.3, 0.4) is 0 Å². The second-order valence-electron chi connectivity index (χ2n) is 5.60. The zero-order valence-electron chi connectivity index (χ0n) is 12.2. The number of hydrogen-bond donors (Lipinski definition) is 0. The molecule has 0 aromatic rings. The minimum absolute atomic E-state index is 0.143.